The van der Waals surface area contributed by atoms with Gasteiger partial charge >= 0.3 is 0 Å². The van der Waals surface area contributed by atoms with Crippen LogP contribution in [0.1, 0.15) is 5.82 Å². The molecule has 1 aliphatic rings. The molecule has 0 radical (unpaired) electrons. The molecular weight excluding hydrogens is 216 g/mol. The molecule has 94 valence electrons. The van der Waals surface area contributed by atoms with Crippen LogP contribution in [0.5, 0.6) is 0 Å². The summed E-state index contributed by atoms with van der Waals surface area (Å²) in [6.45, 7) is 2.80. The number of aryl methyl sites for hydroxylation is 1. The maximum absolute atomic E-state index is 12.3. The number of likely N-dealkylation sites (N-methyl/N-ethyl adjacent to an activating group) is 2. The van der Waals surface area contributed by atoms with Crippen molar-refractivity contribution in [2.75, 3.05) is 33.7 Å². The number of carbonyl (C=O) groups is 1. The second-order valence-corrected chi connectivity index (χ2v) is 4.86. The number of imidazole rings is 1. The van der Waals surface area contributed by atoms with Gasteiger partial charge in [-0.05, 0) is 14.1 Å². The second kappa shape index (κ2) is 4.98. The predicted octanol–water partition coefficient (Wildman–Crippen LogP) is -0.222. The van der Waals surface area contributed by atoms with E-state index in [-0.39, 0.29) is 11.8 Å². The van der Waals surface area contributed by atoms with E-state index in [1.807, 2.05) is 24.9 Å². The maximum Gasteiger partial charge on any atom is 0.158 e. The minimum absolute atomic E-state index is 0.00505. The van der Waals surface area contributed by atoms with Crippen LogP contribution in [0.15, 0.2) is 12.4 Å². The molecule has 5 heteroatoms. The van der Waals surface area contributed by atoms with Crippen LogP contribution in [0.25, 0.3) is 0 Å². The number of Topliss-reactive ketones (excluding diaryl/α,β-unsaturated/α-hetero) is 1. The quantitative estimate of drug-likeness (QED) is 0.727. The average Bonchev–Trinajstić information content (AvgIpc) is 2.68. The first-order valence-electron chi connectivity index (χ1n) is 5.95. The number of ketones is 1. The van der Waals surface area contributed by atoms with Crippen molar-refractivity contribution in [1.29, 1.82) is 0 Å². The molecule has 0 amide bonds. The zero-order chi connectivity index (χ0) is 12.4. The van der Waals surface area contributed by atoms with Crippen molar-refractivity contribution in [3.05, 3.63) is 18.2 Å². The average molecular weight is 236 g/mol. The van der Waals surface area contributed by atoms with Gasteiger partial charge in [-0.2, -0.15) is 0 Å². The van der Waals surface area contributed by atoms with E-state index in [0.717, 1.165) is 25.5 Å². The van der Waals surface area contributed by atoms with Gasteiger partial charge in [-0.15, -0.1) is 0 Å². The SMILES string of the molecule is CN1CCN(C)C(C(=O)Cc2nccn2C)C1. The molecule has 5 nitrogen and oxygen atoms in total. The van der Waals surface area contributed by atoms with Crippen molar-refractivity contribution in [1.82, 2.24) is 19.4 Å². The summed E-state index contributed by atoms with van der Waals surface area (Å²) >= 11 is 0. The predicted molar refractivity (Wildman–Crippen MR) is 65.8 cm³/mol. The normalized spacial score (nSPS) is 22.9. The molecule has 1 atom stereocenters. The molecule has 0 saturated carbocycles. The largest absolute Gasteiger partial charge is 0.338 e. The Kier molecular flexibility index (Phi) is 3.59. The lowest BCUT2D eigenvalue weighted by Gasteiger charge is -2.36. The van der Waals surface area contributed by atoms with E-state index in [0.29, 0.717) is 6.42 Å². The monoisotopic (exact) mass is 236 g/mol. The molecule has 1 unspecified atom stereocenters. The Morgan fingerprint density at radius 3 is 2.82 bits per heavy atom. The smallest absolute Gasteiger partial charge is 0.158 e. The molecule has 0 N–H and O–H groups in total. The van der Waals surface area contributed by atoms with Crippen molar-refractivity contribution in [3.8, 4) is 0 Å². The lowest BCUT2D eigenvalue weighted by molar-refractivity contribution is -0.125. The third kappa shape index (κ3) is 2.73. The molecule has 17 heavy (non-hydrogen) atoms. The molecule has 1 fully saturated rings. The van der Waals surface area contributed by atoms with Gasteiger partial charge in [0, 0.05) is 39.1 Å². The number of piperazine rings is 1. The lowest BCUT2D eigenvalue weighted by atomic mass is 10.1. The molecule has 2 rings (SSSR count). The summed E-state index contributed by atoms with van der Waals surface area (Å²) in [6, 6.07) is 0.00505. The first-order valence-corrected chi connectivity index (χ1v) is 5.95. The van der Waals surface area contributed by atoms with E-state index in [1.54, 1.807) is 6.20 Å². The minimum Gasteiger partial charge on any atom is -0.338 e. The Balaban J connectivity index is 2.02. The number of aromatic nitrogens is 2. The van der Waals surface area contributed by atoms with E-state index in [1.165, 1.54) is 0 Å². The molecule has 1 aliphatic heterocycles. The summed E-state index contributed by atoms with van der Waals surface area (Å²) in [5.74, 6) is 1.10. The third-order valence-electron chi connectivity index (χ3n) is 3.48. The van der Waals surface area contributed by atoms with Gasteiger partial charge in [-0.25, -0.2) is 4.98 Å². The highest BCUT2D eigenvalue weighted by molar-refractivity contribution is 5.85. The Morgan fingerprint density at radius 1 is 1.41 bits per heavy atom. The maximum atomic E-state index is 12.3. The molecule has 1 aromatic rings. The highest BCUT2D eigenvalue weighted by Crippen LogP contribution is 2.09. The van der Waals surface area contributed by atoms with E-state index in [9.17, 15) is 4.79 Å². The molecule has 1 saturated heterocycles. The number of hydrogen-bond donors (Lipinski definition) is 0. The van der Waals surface area contributed by atoms with Crippen LogP contribution in [-0.4, -0.2) is 64.9 Å². The second-order valence-electron chi connectivity index (χ2n) is 4.86. The molecule has 0 aliphatic carbocycles. The highest BCUT2D eigenvalue weighted by Gasteiger charge is 2.28. The van der Waals surface area contributed by atoms with Crippen LogP contribution in [0.3, 0.4) is 0 Å². The van der Waals surface area contributed by atoms with E-state index < -0.39 is 0 Å². The fourth-order valence-corrected chi connectivity index (χ4v) is 2.20. The minimum atomic E-state index is 0.00505. The zero-order valence-corrected chi connectivity index (χ0v) is 10.8. The van der Waals surface area contributed by atoms with Crippen molar-refractivity contribution in [3.63, 3.8) is 0 Å². The van der Waals surface area contributed by atoms with Gasteiger partial charge in [0.05, 0.1) is 12.5 Å². The van der Waals surface area contributed by atoms with Crippen LogP contribution in [0, 0.1) is 0 Å². The zero-order valence-electron chi connectivity index (χ0n) is 10.8. The van der Waals surface area contributed by atoms with Gasteiger partial charge < -0.3 is 9.47 Å². The number of carbonyl (C=O) groups excluding carboxylic acids is 1. The molecule has 1 aromatic heterocycles. The van der Waals surface area contributed by atoms with Gasteiger partial charge in [0.2, 0.25) is 0 Å². The molecule has 0 bridgehead atoms. The fraction of sp³-hybridized carbons (Fsp3) is 0.667. The van der Waals surface area contributed by atoms with Crippen LogP contribution in [0.4, 0.5) is 0 Å². The van der Waals surface area contributed by atoms with Crippen LogP contribution >= 0.6 is 0 Å². The van der Waals surface area contributed by atoms with E-state index in [2.05, 4.69) is 21.8 Å². The third-order valence-corrected chi connectivity index (χ3v) is 3.48. The van der Waals surface area contributed by atoms with Gasteiger partial charge in [-0.1, -0.05) is 0 Å². The van der Waals surface area contributed by atoms with Crippen molar-refractivity contribution >= 4 is 5.78 Å². The topological polar surface area (TPSA) is 41.4 Å². The highest BCUT2D eigenvalue weighted by atomic mass is 16.1. The summed E-state index contributed by atoms with van der Waals surface area (Å²) < 4.78 is 1.91. The van der Waals surface area contributed by atoms with Crippen molar-refractivity contribution in [2.24, 2.45) is 7.05 Å². The Bertz CT molecular complexity index is 401. The first-order chi connectivity index (χ1) is 8.08. The lowest BCUT2D eigenvalue weighted by Crippen LogP contribution is -2.54. The first kappa shape index (κ1) is 12.3. The van der Waals surface area contributed by atoms with Gasteiger partial charge in [0.25, 0.3) is 0 Å². The fourth-order valence-electron chi connectivity index (χ4n) is 2.20. The van der Waals surface area contributed by atoms with Gasteiger partial charge in [0.15, 0.2) is 5.78 Å². The Labute approximate surface area is 102 Å². The number of nitrogens with zero attached hydrogens (tertiary/aromatic N) is 4. The van der Waals surface area contributed by atoms with Crippen LogP contribution < -0.4 is 0 Å². The molecule has 2 heterocycles. The van der Waals surface area contributed by atoms with Crippen LogP contribution in [0.2, 0.25) is 0 Å². The number of rotatable bonds is 3. The summed E-state index contributed by atoms with van der Waals surface area (Å²) in [7, 11) is 6.01. The standard InChI is InChI=1S/C12H20N4O/c1-14-6-7-15(2)10(9-14)11(17)8-12-13-4-5-16(12)3/h4-5,10H,6-9H2,1-3H3. The molecular formula is C12H20N4O. The summed E-state index contributed by atoms with van der Waals surface area (Å²) in [5.41, 5.74) is 0. The molecule has 0 spiro atoms. The summed E-state index contributed by atoms with van der Waals surface area (Å²) in [5, 5.41) is 0. The summed E-state index contributed by atoms with van der Waals surface area (Å²) in [6.07, 6.45) is 4.03. The van der Waals surface area contributed by atoms with Crippen molar-refractivity contribution in [2.45, 2.75) is 12.5 Å². The van der Waals surface area contributed by atoms with E-state index >= 15 is 0 Å². The number of hydrogen-bond acceptors (Lipinski definition) is 4. The van der Waals surface area contributed by atoms with Crippen molar-refractivity contribution < 1.29 is 4.79 Å². The van der Waals surface area contributed by atoms with Gasteiger partial charge in [-0.3, -0.25) is 9.69 Å². The van der Waals surface area contributed by atoms with E-state index in [4.69, 9.17) is 0 Å². The van der Waals surface area contributed by atoms with Crippen LogP contribution in [-0.2, 0) is 18.3 Å². The molecule has 0 aromatic carbocycles. The van der Waals surface area contributed by atoms with Gasteiger partial charge in [0.1, 0.15) is 5.82 Å². The Morgan fingerprint density at radius 2 is 2.18 bits per heavy atom. The Hall–Kier alpha value is -1.20. The summed E-state index contributed by atoms with van der Waals surface area (Å²) in [4.78, 5) is 20.8.